The molecule has 11 heavy (non-hydrogen) atoms. The standard InChI is InChI=1S/C9H16N2/c1-4-5-11-7-6-10(3)9(2)8-11/h1,9H,5-8H2,2-3H3/t9-/m1/s1. The van der Waals surface area contributed by atoms with Gasteiger partial charge in [0.05, 0.1) is 6.54 Å². The molecule has 1 rings (SSSR count). The first-order chi connectivity index (χ1) is 5.24. The summed E-state index contributed by atoms with van der Waals surface area (Å²) in [4.78, 5) is 4.69. The molecule has 0 radical (unpaired) electrons. The third-order valence-electron chi connectivity index (χ3n) is 2.36. The van der Waals surface area contributed by atoms with Crippen LogP contribution in [0.15, 0.2) is 0 Å². The molecular weight excluding hydrogens is 136 g/mol. The number of hydrogen-bond acceptors (Lipinski definition) is 2. The van der Waals surface area contributed by atoms with Crippen molar-refractivity contribution in [1.82, 2.24) is 9.80 Å². The molecule has 0 spiro atoms. The monoisotopic (exact) mass is 152 g/mol. The molecule has 2 heteroatoms. The number of hydrogen-bond donors (Lipinski definition) is 0. The van der Waals surface area contributed by atoms with E-state index in [1.54, 1.807) is 0 Å². The fraction of sp³-hybridized carbons (Fsp3) is 0.778. The van der Waals surface area contributed by atoms with E-state index in [4.69, 9.17) is 6.42 Å². The topological polar surface area (TPSA) is 6.48 Å². The maximum absolute atomic E-state index is 5.23. The third kappa shape index (κ3) is 2.21. The zero-order valence-corrected chi connectivity index (χ0v) is 7.38. The first-order valence-electron chi connectivity index (χ1n) is 4.10. The van der Waals surface area contributed by atoms with Crippen LogP contribution in [-0.2, 0) is 0 Å². The van der Waals surface area contributed by atoms with Gasteiger partial charge in [0.1, 0.15) is 0 Å². The molecule has 1 aliphatic rings. The number of rotatable bonds is 1. The summed E-state index contributed by atoms with van der Waals surface area (Å²) in [5.41, 5.74) is 0. The molecule has 62 valence electrons. The van der Waals surface area contributed by atoms with E-state index in [0.29, 0.717) is 6.04 Å². The Morgan fingerprint density at radius 1 is 1.55 bits per heavy atom. The zero-order valence-electron chi connectivity index (χ0n) is 7.38. The Morgan fingerprint density at radius 3 is 2.82 bits per heavy atom. The van der Waals surface area contributed by atoms with Crippen molar-refractivity contribution in [3.63, 3.8) is 0 Å². The molecule has 0 aromatic carbocycles. The van der Waals surface area contributed by atoms with Crippen molar-refractivity contribution in [2.45, 2.75) is 13.0 Å². The molecular formula is C9H16N2. The van der Waals surface area contributed by atoms with Gasteiger partial charge in [-0.15, -0.1) is 6.42 Å². The molecule has 0 N–H and O–H groups in total. The molecule has 0 saturated carbocycles. The lowest BCUT2D eigenvalue weighted by Crippen LogP contribution is -2.49. The number of piperazine rings is 1. The van der Waals surface area contributed by atoms with Gasteiger partial charge < -0.3 is 4.90 Å². The number of likely N-dealkylation sites (N-methyl/N-ethyl adjacent to an activating group) is 1. The second-order valence-electron chi connectivity index (χ2n) is 3.27. The average Bonchev–Trinajstić information content (AvgIpc) is 1.98. The highest BCUT2D eigenvalue weighted by Gasteiger charge is 2.18. The van der Waals surface area contributed by atoms with Crippen LogP contribution in [0, 0.1) is 12.3 Å². The van der Waals surface area contributed by atoms with Gasteiger partial charge in [-0.05, 0) is 14.0 Å². The van der Waals surface area contributed by atoms with E-state index in [2.05, 4.69) is 29.7 Å². The van der Waals surface area contributed by atoms with Gasteiger partial charge in [-0.1, -0.05) is 5.92 Å². The van der Waals surface area contributed by atoms with Crippen LogP contribution >= 0.6 is 0 Å². The van der Waals surface area contributed by atoms with E-state index < -0.39 is 0 Å². The zero-order chi connectivity index (χ0) is 8.27. The summed E-state index contributed by atoms with van der Waals surface area (Å²) < 4.78 is 0. The van der Waals surface area contributed by atoms with Gasteiger partial charge in [-0.2, -0.15) is 0 Å². The van der Waals surface area contributed by atoms with Crippen LogP contribution < -0.4 is 0 Å². The van der Waals surface area contributed by atoms with E-state index in [1.807, 2.05) is 0 Å². The van der Waals surface area contributed by atoms with Crippen LogP contribution in [-0.4, -0.2) is 49.1 Å². The Balaban J connectivity index is 2.35. The van der Waals surface area contributed by atoms with Crippen LogP contribution in [0.5, 0.6) is 0 Å². The van der Waals surface area contributed by atoms with E-state index in [1.165, 1.54) is 0 Å². The van der Waals surface area contributed by atoms with Crippen LogP contribution in [0.2, 0.25) is 0 Å². The van der Waals surface area contributed by atoms with Gasteiger partial charge in [0.2, 0.25) is 0 Å². The SMILES string of the molecule is C#CCN1CCN(C)[C@H](C)C1. The van der Waals surface area contributed by atoms with Crippen LogP contribution in [0.4, 0.5) is 0 Å². The van der Waals surface area contributed by atoms with Crippen molar-refractivity contribution < 1.29 is 0 Å². The molecule has 1 heterocycles. The smallest absolute Gasteiger partial charge is 0.0599 e. The van der Waals surface area contributed by atoms with E-state index in [-0.39, 0.29) is 0 Å². The first kappa shape index (κ1) is 8.58. The van der Waals surface area contributed by atoms with Crippen molar-refractivity contribution in [3.8, 4) is 12.3 Å². The largest absolute Gasteiger partial charge is 0.301 e. The molecule has 0 aromatic heterocycles. The lowest BCUT2D eigenvalue weighted by atomic mass is 10.2. The van der Waals surface area contributed by atoms with E-state index in [0.717, 1.165) is 26.2 Å². The molecule has 0 aliphatic carbocycles. The Morgan fingerprint density at radius 2 is 2.27 bits per heavy atom. The second-order valence-corrected chi connectivity index (χ2v) is 3.27. The minimum atomic E-state index is 0.650. The fourth-order valence-corrected chi connectivity index (χ4v) is 1.40. The summed E-state index contributed by atoms with van der Waals surface area (Å²) in [6.07, 6.45) is 5.23. The average molecular weight is 152 g/mol. The van der Waals surface area contributed by atoms with Gasteiger partial charge in [0.15, 0.2) is 0 Å². The summed E-state index contributed by atoms with van der Waals surface area (Å²) in [5, 5.41) is 0. The molecule has 1 aliphatic heterocycles. The molecule has 0 amide bonds. The van der Waals surface area contributed by atoms with E-state index >= 15 is 0 Å². The van der Waals surface area contributed by atoms with Crippen LogP contribution in [0.3, 0.4) is 0 Å². The maximum atomic E-state index is 5.23. The quantitative estimate of drug-likeness (QED) is 0.497. The molecule has 1 saturated heterocycles. The lowest BCUT2D eigenvalue weighted by Gasteiger charge is -2.36. The minimum Gasteiger partial charge on any atom is -0.301 e. The van der Waals surface area contributed by atoms with Gasteiger partial charge in [-0.3, -0.25) is 4.90 Å². The van der Waals surface area contributed by atoms with Crippen LogP contribution in [0.1, 0.15) is 6.92 Å². The highest BCUT2D eigenvalue weighted by molar-refractivity contribution is 4.90. The molecule has 0 bridgehead atoms. The summed E-state index contributed by atoms with van der Waals surface area (Å²) in [6.45, 7) is 6.41. The van der Waals surface area contributed by atoms with Gasteiger partial charge >= 0.3 is 0 Å². The Hall–Kier alpha value is -0.520. The maximum Gasteiger partial charge on any atom is 0.0599 e. The normalized spacial score (nSPS) is 28.3. The summed E-state index contributed by atoms with van der Waals surface area (Å²) in [6, 6.07) is 0.650. The Bertz CT molecular complexity index is 159. The summed E-state index contributed by atoms with van der Waals surface area (Å²) in [5.74, 6) is 2.68. The summed E-state index contributed by atoms with van der Waals surface area (Å²) in [7, 11) is 2.16. The second kappa shape index (κ2) is 3.75. The third-order valence-corrected chi connectivity index (χ3v) is 2.36. The first-order valence-corrected chi connectivity index (χ1v) is 4.10. The van der Waals surface area contributed by atoms with E-state index in [9.17, 15) is 0 Å². The van der Waals surface area contributed by atoms with Crippen LogP contribution in [0.25, 0.3) is 0 Å². The van der Waals surface area contributed by atoms with Crippen molar-refractivity contribution in [1.29, 1.82) is 0 Å². The molecule has 2 nitrogen and oxygen atoms in total. The lowest BCUT2D eigenvalue weighted by molar-refractivity contribution is 0.116. The van der Waals surface area contributed by atoms with Crippen molar-refractivity contribution >= 4 is 0 Å². The Kier molecular flexibility index (Phi) is 2.92. The minimum absolute atomic E-state index is 0.650. The predicted octanol–water partition coefficient (Wildman–Crippen LogP) is 0.256. The fourth-order valence-electron chi connectivity index (χ4n) is 1.40. The summed E-state index contributed by atoms with van der Waals surface area (Å²) >= 11 is 0. The highest BCUT2D eigenvalue weighted by atomic mass is 15.3. The molecule has 0 unspecified atom stereocenters. The van der Waals surface area contributed by atoms with Crippen molar-refractivity contribution in [3.05, 3.63) is 0 Å². The predicted molar refractivity (Wildman–Crippen MR) is 47.4 cm³/mol. The van der Waals surface area contributed by atoms with Crippen molar-refractivity contribution in [2.24, 2.45) is 0 Å². The number of terminal acetylenes is 1. The Labute approximate surface area is 69.2 Å². The van der Waals surface area contributed by atoms with Crippen molar-refractivity contribution in [2.75, 3.05) is 33.2 Å². The van der Waals surface area contributed by atoms with Gasteiger partial charge in [-0.25, -0.2) is 0 Å². The molecule has 1 atom stereocenters. The molecule has 0 aromatic rings. The molecule has 1 fully saturated rings. The van der Waals surface area contributed by atoms with Gasteiger partial charge in [0.25, 0.3) is 0 Å². The van der Waals surface area contributed by atoms with Gasteiger partial charge in [0, 0.05) is 25.7 Å². The highest BCUT2D eigenvalue weighted by Crippen LogP contribution is 2.05. The number of nitrogens with zero attached hydrogens (tertiary/aromatic N) is 2.